The number of rotatable bonds is 2. The number of nitrogen functional groups attached to an aromatic ring is 1. The Bertz CT molecular complexity index is 508. The van der Waals surface area contributed by atoms with Gasteiger partial charge in [-0.3, -0.25) is 0 Å². The quantitative estimate of drug-likeness (QED) is 0.866. The molecule has 0 saturated heterocycles. The second kappa shape index (κ2) is 4.37. The van der Waals surface area contributed by atoms with E-state index in [0.29, 0.717) is 11.6 Å². The molecular weight excluding hydrogens is 221 g/mol. The summed E-state index contributed by atoms with van der Waals surface area (Å²) >= 11 is 0. The van der Waals surface area contributed by atoms with Gasteiger partial charge in [0.2, 0.25) is 11.8 Å². The molecule has 2 rings (SSSR count). The predicted molar refractivity (Wildman–Crippen MR) is 62.4 cm³/mol. The average Bonchev–Trinajstić information content (AvgIpc) is 2.28. The van der Waals surface area contributed by atoms with Gasteiger partial charge in [0.05, 0.1) is 0 Å². The second-order valence-electron chi connectivity index (χ2n) is 3.73. The molecule has 0 unspecified atom stereocenters. The maximum absolute atomic E-state index is 13.1. The third-order valence-corrected chi connectivity index (χ3v) is 2.30. The number of halogens is 1. The Morgan fingerprint density at radius 3 is 2.76 bits per heavy atom. The fraction of sp³-hybridized carbons (Fsp3) is 0.167. The average molecular weight is 233 g/mol. The third-order valence-electron chi connectivity index (χ3n) is 2.30. The standard InChI is InChI=1S/C12H12FN3O/c1-7-3-4-9(13)5-10(7)17-11-8(2)6-15-12(14)16-11/h3-6H,1-2H3,(H2,14,15,16). The first-order chi connectivity index (χ1) is 8.06. The highest BCUT2D eigenvalue weighted by Crippen LogP contribution is 2.26. The van der Waals surface area contributed by atoms with E-state index in [1.807, 2.05) is 6.92 Å². The summed E-state index contributed by atoms with van der Waals surface area (Å²) in [6.45, 7) is 3.62. The monoisotopic (exact) mass is 233 g/mol. The van der Waals surface area contributed by atoms with Crippen LogP contribution in [0.1, 0.15) is 11.1 Å². The molecule has 2 aromatic rings. The summed E-state index contributed by atoms with van der Waals surface area (Å²) in [5.74, 6) is 0.530. The van der Waals surface area contributed by atoms with Gasteiger partial charge in [0.25, 0.3) is 0 Å². The summed E-state index contributed by atoms with van der Waals surface area (Å²) in [5, 5.41) is 0. The van der Waals surface area contributed by atoms with E-state index in [2.05, 4.69) is 9.97 Å². The highest BCUT2D eigenvalue weighted by Gasteiger charge is 2.07. The normalized spacial score (nSPS) is 10.3. The van der Waals surface area contributed by atoms with Gasteiger partial charge in [-0.05, 0) is 25.5 Å². The molecule has 1 aromatic heterocycles. The fourth-order valence-corrected chi connectivity index (χ4v) is 1.33. The van der Waals surface area contributed by atoms with Crippen molar-refractivity contribution in [2.75, 3.05) is 5.73 Å². The number of benzene rings is 1. The summed E-state index contributed by atoms with van der Waals surface area (Å²) in [4.78, 5) is 7.79. The maximum Gasteiger partial charge on any atom is 0.226 e. The van der Waals surface area contributed by atoms with Crippen LogP contribution in [0.25, 0.3) is 0 Å². The zero-order valence-electron chi connectivity index (χ0n) is 9.57. The molecule has 1 aromatic carbocycles. The largest absolute Gasteiger partial charge is 0.438 e. The van der Waals surface area contributed by atoms with Crippen molar-refractivity contribution in [2.24, 2.45) is 0 Å². The van der Waals surface area contributed by atoms with Crippen LogP contribution in [0, 0.1) is 19.7 Å². The topological polar surface area (TPSA) is 61.0 Å². The van der Waals surface area contributed by atoms with Crippen molar-refractivity contribution >= 4 is 5.95 Å². The first kappa shape index (κ1) is 11.3. The Hall–Kier alpha value is -2.17. The van der Waals surface area contributed by atoms with E-state index < -0.39 is 0 Å². The Labute approximate surface area is 98.3 Å². The van der Waals surface area contributed by atoms with Gasteiger partial charge in [-0.2, -0.15) is 4.98 Å². The molecule has 1 heterocycles. The van der Waals surface area contributed by atoms with Crippen molar-refractivity contribution in [2.45, 2.75) is 13.8 Å². The van der Waals surface area contributed by atoms with Gasteiger partial charge < -0.3 is 10.5 Å². The lowest BCUT2D eigenvalue weighted by Gasteiger charge is -2.09. The van der Waals surface area contributed by atoms with Crippen LogP contribution in [-0.4, -0.2) is 9.97 Å². The molecule has 0 atom stereocenters. The molecule has 0 bridgehead atoms. The van der Waals surface area contributed by atoms with Gasteiger partial charge in [-0.1, -0.05) is 6.07 Å². The minimum Gasteiger partial charge on any atom is -0.438 e. The Morgan fingerprint density at radius 1 is 1.24 bits per heavy atom. The van der Waals surface area contributed by atoms with Crippen molar-refractivity contribution in [3.63, 3.8) is 0 Å². The number of hydrogen-bond acceptors (Lipinski definition) is 4. The molecule has 2 N–H and O–H groups in total. The first-order valence-corrected chi connectivity index (χ1v) is 5.09. The van der Waals surface area contributed by atoms with E-state index in [0.717, 1.165) is 11.1 Å². The summed E-state index contributed by atoms with van der Waals surface area (Å²) in [5.41, 5.74) is 7.03. The Balaban J connectivity index is 2.37. The summed E-state index contributed by atoms with van der Waals surface area (Å²) in [7, 11) is 0. The first-order valence-electron chi connectivity index (χ1n) is 5.09. The minimum atomic E-state index is -0.356. The minimum absolute atomic E-state index is 0.125. The molecule has 0 aliphatic rings. The third kappa shape index (κ3) is 2.50. The number of aromatic nitrogens is 2. The molecule has 0 aliphatic carbocycles. The number of aryl methyl sites for hydroxylation is 2. The van der Waals surface area contributed by atoms with E-state index in [1.54, 1.807) is 19.2 Å². The zero-order valence-corrected chi connectivity index (χ0v) is 9.57. The van der Waals surface area contributed by atoms with Crippen LogP contribution in [0.4, 0.5) is 10.3 Å². The van der Waals surface area contributed by atoms with Crippen molar-refractivity contribution in [1.29, 1.82) is 0 Å². The summed E-state index contributed by atoms with van der Waals surface area (Å²) in [6.07, 6.45) is 1.56. The molecule has 17 heavy (non-hydrogen) atoms. The highest BCUT2D eigenvalue weighted by molar-refractivity contribution is 5.38. The van der Waals surface area contributed by atoms with Crippen LogP contribution in [0.15, 0.2) is 24.4 Å². The number of anilines is 1. The molecule has 0 fully saturated rings. The number of nitrogens with two attached hydrogens (primary N) is 1. The van der Waals surface area contributed by atoms with Gasteiger partial charge >= 0.3 is 0 Å². The molecule has 88 valence electrons. The van der Waals surface area contributed by atoms with E-state index >= 15 is 0 Å². The molecule has 4 nitrogen and oxygen atoms in total. The van der Waals surface area contributed by atoms with Crippen LogP contribution in [-0.2, 0) is 0 Å². The maximum atomic E-state index is 13.1. The SMILES string of the molecule is Cc1ccc(F)cc1Oc1nc(N)ncc1C. The van der Waals surface area contributed by atoms with Gasteiger partial charge in [0, 0.05) is 17.8 Å². The highest BCUT2D eigenvalue weighted by atomic mass is 19.1. The zero-order chi connectivity index (χ0) is 12.4. The molecule has 0 spiro atoms. The molecule has 5 heteroatoms. The smallest absolute Gasteiger partial charge is 0.226 e. The number of ether oxygens (including phenoxy) is 1. The molecule has 0 radical (unpaired) electrons. The van der Waals surface area contributed by atoms with Gasteiger partial charge in [0.1, 0.15) is 11.6 Å². The molecule has 0 amide bonds. The van der Waals surface area contributed by atoms with Crippen LogP contribution in [0.3, 0.4) is 0 Å². The van der Waals surface area contributed by atoms with E-state index in [4.69, 9.17) is 10.5 Å². The van der Waals surface area contributed by atoms with E-state index in [-0.39, 0.29) is 11.8 Å². The Kier molecular flexibility index (Phi) is 2.91. The number of nitrogens with zero attached hydrogens (tertiary/aromatic N) is 2. The molecule has 0 aliphatic heterocycles. The van der Waals surface area contributed by atoms with Gasteiger partial charge in [-0.15, -0.1) is 0 Å². The summed E-state index contributed by atoms with van der Waals surface area (Å²) in [6, 6.07) is 4.33. The van der Waals surface area contributed by atoms with E-state index in [9.17, 15) is 4.39 Å². The second-order valence-corrected chi connectivity index (χ2v) is 3.73. The number of hydrogen-bond donors (Lipinski definition) is 1. The van der Waals surface area contributed by atoms with Crippen molar-refractivity contribution < 1.29 is 9.13 Å². The molecular formula is C12H12FN3O. The summed E-state index contributed by atoms with van der Waals surface area (Å²) < 4.78 is 18.6. The van der Waals surface area contributed by atoms with Crippen molar-refractivity contribution in [3.8, 4) is 11.6 Å². The van der Waals surface area contributed by atoms with Crippen molar-refractivity contribution in [1.82, 2.24) is 9.97 Å². The van der Waals surface area contributed by atoms with Crippen molar-refractivity contribution in [3.05, 3.63) is 41.3 Å². The predicted octanol–water partition coefficient (Wildman–Crippen LogP) is 2.61. The van der Waals surface area contributed by atoms with Gasteiger partial charge in [0.15, 0.2) is 0 Å². The lowest BCUT2D eigenvalue weighted by atomic mass is 10.2. The van der Waals surface area contributed by atoms with Crippen LogP contribution in [0.5, 0.6) is 11.6 Å². The Morgan fingerprint density at radius 2 is 2.00 bits per heavy atom. The van der Waals surface area contributed by atoms with Crippen LogP contribution < -0.4 is 10.5 Å². The molecule has 0 saturated carbocycles. The van der Waals surface area contributed by atoms with E-state index in [1.165, 1.54) is 12.1 Å². The lowest BCUT2D eigenvalue weighted by Crippen LogP contribution is -1.99. The van der Waals surface area contributed by atoms with Crippen LogP contribution in [0.2, 0.25) is 0 Å². The van der Waals surface area contributed by atoms with Gasteiger partial charge in [-0.25, -0.2) is 9.37 Å². The van der Waals surface area contributed by atoms with Crippen LogP contribution >= 0.6 is 0 Å². The fourth-order valence-electron chi connectivity index (χ4n) is 1.33. The lowest BCUT2D eigenvalue weighted by molar-refractivity contribution is 0.450.